The summed E-state index contributed by atoms with van der Waals surface area (Å²) in [5.74, 6) is -0.213. The van der Waals surface area contributed by atoms with Crippen molar-refractivity contribution in [2.45, 2.75) is 33.7 Å². The molecule has 0 unspecified atom stereocenters. The number of allylic oxidation sites excluding steroid dienone is 1. The molecule has 5 nitrogen and oxygen atoms in total. The molecule has 2 heterocycles. The van der Waals surface area contributed by atoms with Crippen LogP contribution in [0.5, 0.6) is 0 Å². The number of nitrogens with zero attached hydrogens (tertiary/aromatic N) is 3. The molecular formula is C23H27N3O2. The van der Waals surface area contributed by atoms with Crippen LogP contribution in [0.4, 0.5) is 5.69 Å². The number of rotatable bonds is 6. The molecule has 1 saturated heterocycles. The summed E-state index contributed by atoms with van der Waals surface area (Å²) in [4.78, 5) is 15.2. The van der Waals surface area contributed by atoms with Crippen LogP contribution in [0, 0.1) is 25.2 Å². The predicted octanol–water partition coefficient (Wildman–Crippen LogP) is 4.14. The van der Waals surface area contributed by atoms with Crippen molar-refractivity contribution in [1.29, 1.82) is 5.26 Å². The minimum Gasteiger partial charge on any atom is -0.378 e. The normalized spacial score (nSPS) is 14.8. The summed E-state index contributed by atoms with van der Waals surface area (Å²) in [5.41, 5.74) is 4.74. The molecule has 0 N–H and O–H groups in total. The van der Waals surface area contributed by atoms with Crippen LogP contribution < -0.4 is 4.90 Å². The number of anilines is 1. The van der Waals surface area contributed by atoms with Crippen LogP contribution in [0.15, 0.2) is 35.9 Å². The van der Waals surface area contributed by atoms with Gasteiger partial charge < -0.3 is 14.2 Å². The Hall–Kier alpha value is -2.84. The molecule has 1 aliphatic rings. The third kappa shape index (κ3) is 4.18. The molecule has 1 aromatic carbocycles. The number of carbonyl (C=O) groups excluding carboxylic acids is 1. The highest BCUT2D eigenvalue weighted by atomic mass is 16.5. The maximum Gasteiger partial charge on any atom is 0.205 e. The number of Topliss-reactive ketones (excluding diaryl/α,β-unsaturated/α-hetero) is 1. The summed E-state index contributed by atoms with van der Waals surface area (Å²) in [5, 5.41) is 9.58. The van der Waals surface area contributed by atoms with Crippen LogP contribution in [-0.4, -0.2) is 36.7 Å². The first-order valence-electron chi connectivity index (χ1n) is 9.81. The van der Waals surface area contributed by atoms with Crippen molar-refractivity contribution in [3.05, 3.63) is 58.4 Å². The minimum absolute atomic E-state index is 0.163. The molecule has 0 spiro atoms. The van der Waals surface area contributed by atoms with Crippen LogP contribution in [0.2, 0.25) is 0 Å². The zero-order valence-electron chi connectivity index (χ0n) is 16.9. The SMILES string of the molecule is CCCn1c(C)cc(C(=O)/C(C#N)=C/c2ccc(N3CCOCC3)cc2)c1C. The zero-order valence-corrected chi connectivity index (χ0v) is 16.9. The van der Waals surface area contributed by atoms with Crippen LogP contribution in [0.1, 0.15) is 40.7 Å². The molecule has 1 aromatic heterocycles. The van der Waals surface area contributed by atoms with Crippen molar-refractivity contribution in [3.63, 3.8) is 0 Å². The Bertz CT molecular complexity index is 911. The number of carbonyl (C=O) groups is 1. The topological polar surface area (TPSA) is 58.3 Å². The van der Waals surface area contributed by atoms with Gasteiger partial charge in [0.05, 0.1) is 13.2 Å². The van der Waals surface area contributed by atoms with E-state index in [9.17, 15) is 10.1 Å². The molecular weight excluding hydrogens is 350 g/mol. The third-order valence-electron chi connectivity index (χ3n) is 5.21. The largest absolute Gasteiger partial charge is 0.378 e. The van der Waals surface area contributed by atoms with Gasteiger partial charge in [0.1, 0.15) is 11.6 Å². The molecule has 146 valence electrons. The Morgan fingerprint density at radius 2 is 1.89 bits per heavy atom. The number of hydrogen-bond acceptors (Lipinski definition) is 4. The van der Waals surface area contributed by atoms with E-state index in [4.69, 9.17) is 4.74 Å². The van der Waals surface area contributed by atoms with Gasteiger partial charge in [-0.05, 0) is 50.1 Å². The fraction of sp³-hybridized carbons (Fsp3) is 0.391. The van der Waals surface area contributed by atoms with E-state index in [-0.39, 0.29) is 11.4 Å². The van der Waals surface area contributed by atoms with E-state index in [1.807, 2.05) is 44.2 Å². The maximum absolute atomic E-state index is 13.0. The van der Waals surface area contributed by atoms with Gasteiger partial charge in [-0.2, -0.15) is 5.26 Å². The van der Waals surface area contributed by atoms with Gasteiger partial charge in [0, 0.05) is 42.3 Å². The van der Waals surface area contributed by atoms with Crippen molar-refractivity contribution in [2.75, 3.05) is 31.2 Å². The molecule has 0 atom stereocenters. The second kappa shape index (κ2) is 8.90. The van der Waals surface area contributed by atoms with Gasteiger partial charge in [-0.1, -0.05) is 19.1 Å². The first kappa shape index (κ1) is 19.9. The molecule has 5 heteroatoms. The van der Waals surface area contributed by atoms with Crippen molar-refractivity contribution < 1.29 is 9.53 Å². The summed E-state index contributed by atoms with van der Waals surface area (Å²) in [6, 6.07) is 12.0. The summed E-state index contributed by atoms with van der Waals surface area (Å²) in [6.45, 7) is 10.2. The van der Waals surface area contributed by atoms with Crippen LogP contribution in [0.25, 0.3) is 6.08 Å². The number of aryl methyl sites for hydroxylation is 1. The van der Waals surface area contributed by atoms with Crippen molar-refractivity contribution in [1.82, 2.24) is 4.57 Å². The summed E-state index contributed by atoms with van der Waals surface area (Å²) >= 11 is 0. The van der Waals surface area contributed by atoms with Crippen molar-refractivity contribution in [3.8, 4) is 6.07 Å². The van der Waals surface area contributed by atoms with Gasteiger partial charge in [-0.3, -0.25) is 4.79 Å². The van der Waals surface area contributed by atoms with E-state index < -0.39 is 0 Å². The molecule has 28 heavy (non-hydrogen) atoms. The Morgan fingerprint density at radius 3 is 2.50 bits per heavy atom. The third-order valence-corrected chi connectivity index (χ3v) is 5.21. The Labute approximate surface area is 166 Å². The first-order valence-corrected chi connectivity index (χ1v) is 9.81. The lowest BCUT2D eigenvalue weighted by atomic mass is 10.0. The molecule has 0 aliphatic carbocycles. The second-order valence-electron chi connectivity index (χ2n) is 7.13. The van der Waals surface area contributed by atoms with Gasteiger partial charge in [-0.25, -0.2) is 0 Å². The van der Waals surface area contributed by atoms with Crippen LogP contribution >= 0.6 is 0 Å². The van der Waals surface area contributed by atoms with Crippen LogP contribution in [-0.2, 0) is 11.3 Å². The first-order chi connectivity index (χ1) is 13.5. The Balaban J connectivity index is 1.83. The number of ether oxygens (including phenoxy) is 1. The molecule has 0 bridgehead atoms. The molecule has 2 aromatic rings. The number of benzene rings is 1. The van der Waals surface area contributed by atoms with E-state index in [0.29, 0.717) is 5.56 Å². The molecule has 3 rings (SSSR count). The van der Waals surface area contributed by atoms with E-state index in [1.54, 1.807) is 6.08 Å². The predicted molar refractivity (Wildman–Crippen MR) is 112 cm³/mol. The average Bonchev–Trinajstić information content (AvgIpc) is 3.01. The number of morpholine rings is 1. The number of aromatic nitrogens is 1. The van der Waals surface area contributed by atoms with E-state index in [1.165, 1.54) is 0 Å². The fourth-order valence-electron chi connectivity index (χ4n) is 3.66. The lowest BCUT2D eigenvalue weighted by Gasteiger charge is -2.28. The summed E-state index contributed by atoms with van der Waals surface area (Å²) < 4.78 is 7.53. The van der Waals surface area contributed by atoms with E-state index in [2.05, 4.69) is 22.5 Å². The fourth-order valence-corrected chi connectivity index (χ4v) is 3.66. The number of ketones is 1. The van der Waals surface area contributed by atoms with E-state index in [0.717, 1.165) is 61.9 Å². The van der Waals surface area contributed by atoms with Gasteiger partial charge in [-0.15, -0.1) is 0 Å². The zero-order chi connectivity index (χ0) is 20.1. The number of hydrogen-bond donors (Lipinski definition) is 0. The smallest absolute Gasteiger partial charge is 0.205 e. The molecule has 0 saturated carbocycles. The molecule has 1 aliphatic heterocycles. The Kier molecular flexibility index (Phi) is 6.33. The standard InChI is InChI=1S/C23H27N3O2/c1-4-9-26-17(2)14-22(18(26)3)23(27)20(16-24)15-19-5-7-21(8-6-19)25-10-12-28-13-11-25/h5-8,14-15H,4,9-13H2,1-3H3/b20-15+. The Morgan fingerprint density at radius 1 is 1.21 bits per heavy atom. The highest BCUT2D eigenvalue weighted by Gasteiger charge is 2.19. The molecule has 0 amide bonds. The van der Waals surface area contributed by atoms with Gasteiger partial charge >= 0.3 is 0 Å². The number of nitriles is 1. The highest BCUT2D eigenvalue weighted by molar-refractivity contribution is 6.14. The van der Waals surface area contributed by atoms with Crippen molar-refractivity contribution in [2.24, 2.45) is 0 Å². The minimum atomic E-state index is -0.213. The highest BCUT2D eigenvalue weighted by Crippen LogP contribution is 2.22. The van der Waals surface area contributed by atoms with Gasteiger partial charge in [0.15, 0.2) is 0 Å². The van der Waals surface area contributed by atoms with Crippen molar-refractivity contribution >= 4 is 17.5 Å². The quantitative estimate of drug-likeness (QED) is 0.431. The van der Waals surface area contributed by atoms with Gasteiger partial charge in [0.2, 0.25) is 5.78 Å². The second-order valence-corrected chi connectivity index (χ2v) is 7.13. The average molecular weight is 377 g/mol. The molecule has 1 fully saturated rings. The van der Waals surface area contributed by atoms with E-state index >= 15 is 0 Å². The van der Waals surface area contributed by atoms with Crippen LogP contribution in [0.3, 0.4) is 0 Å². The summed E-state index contributed by atoms with van der Waals surface area (Å²) in [7, 11) is 0. The summed E-state index contributed by atoms with van der Waals surface area (Å²) in [6.07, 6.45) is 2.68. The molecule has 0 radical (unpaired) electrons. The maximum atomic E-state index is 13.0. The van der Waals surface area contributed by atoms with Gasteiger partial charge in [0.25, 0.3) is 0 Å². The lowest BCUT2D eigenvalue weighted by molar-refractivity contribution is 0.103. The lowest BCUT2D eigenvalue weighted by Crippen LogP contribution is -2.36. The monoisotopic (exact) mass is 377 g/mol.